The number of tetrazole rings is 1. The maximum absolute atomic E-state index is 4.52. The van der Waals surface area contributed by atoms with Gasteiger partial charge in [-0.1, -0.05) is 57.2 Å². The van der Waals surface area contributed by atoms with Crippen molar-refractivity contribution in [2.75, 3.05) is 6.54 Å². The van der Waals surface area contributed by atoms with Crippen LogP contribution in [-0.4, -0.2) is 31.7 Å². The molecule has 0 saturated heterocycles. The Balaban J connectivity index is 1.93. The molecule has 0 spiro atoms. The largest absolute Gasteiger partial charge is 0.288 e. The number of rotatable bonds is 10. The van der Waals surface area contributed by atoms with Crippen LogP contribution >= 0.6 is 11.3 Å². The van der Waals surface area contributed by atoms with Crippen LogP contribution in [0.4, 0.5) is 0 Å². The van der Waals surface area contributed by atoms with E-state index in [9.17, 15) is 0 Å². The summed E-state index contributed by atoms with van der Waals surface area (Å²) in [6.07, 6.45) is 1.99. The van der Waals surface area contributed by atoms with E-state index in [0.29, 0.717) is 5.92 Å². The number of nitrogens with zero attached hydrogens (tertiary/aromatic N) is 5. The highest BCUT2D eigenvalue weighted by Crippen LogP contribution is 2.32. The lowest BCUT2D eigenvalue weighted by Gasteiger charge is -2.35. The van der Waals surface area contributed by atoms with Gasteiger partial charge in [0.2, 0.25) is 0 Å². The highest BCUT2D eigenvalue weighted by atomic mass is 32.1. The van der Waals surface area contributed by atoms with Crippen molar-refractivity contribution in [1.29, 1.82) is 0 Å². The second kappa shape index (κ2) is 9.63. The Morgan fingerprint density at radius 3 is 2.48 bits per heavy atom. The van der Waals surface area contributed by atoms with E-state index < -0.39 is 0 Å². The third-order valence-corrected chi connectivity index (χ3v) is 6.55. The highest BCUT2D eigenvalue weighted by molar-refractivity contribution is 7.09. The van der Waals surface area contributed by atoms with E-state index in [1.807, 2.05) is 16.0 Å². The molecule has 6 heteroatoms. The third kappa shape index (κ3) is 5.31. The Hall–Kier alpha value is -2.05. The van der Waals surface area contributed by atoms with Crippen molar-refractivity contribution in [3.05, 3.63) is 64.1 Å². The highest BCUT2D eigenvalue weighted by Gasteiger charge is 2.33. The molecule has 0 radical (unpaired) electrons. The minimum Gasteiger partial charge on any atom is -0.288 e. The van der Waals surface area contributed by atoms with Crippen LogP contribution < -0.4 is 0 Å². The lowest BCUT2D eigenvalue weighted by atomic mass is 9.97. The molecule has 0 bridgehead atoms. The Morgan fingerprint density at radius 1 is 1.10 bits per heavy atom. The molecule has 3 aromatic rings. The summed E-state index contributed by atoms with van der Waals surface area (Å²) in [7, 11) is 0. The van der Waals surface area contributed by atoms with E-state index in [-0.39, 0.29) is 11.6 Å². The summed E-state index contributed by atoms with van der Waals surface area (Å²) in [6, 6.07) is 15.2. The van der Waals surface area contributed by atoms with Gasteiger partial charge >= 0.3 is 0 Å². The lowest BCUT2D eigenvalue weighted by molar-refractivity contribution is 0.128. The van der Waals surface area contributed by atoms with Gasteiger partial charge in [-0.3, -0.25) is 4.90 Å². The minimum absolute atomic E-state index is 0.111. The van der Waals surface area contributed by atoms with E-state index >= 15 is 0 Å². The number of hydrogen-bond donors (Lipinski definition) is 0. The molecule has 5 nitrogen and oxygen atoms in total. The molecular formula is C23H33N5S. The van der Waals surface area contributed by atoms with Crippen molar-refractivity contribution < 1.29 is 0 Å². The second-order valence-corrected chi connectivity index (χ2v) is 9.62. The molecule has 0 N–H and O–H groups in total. The van der Waals surface area contributed by atoms with Gasteiger partial charge in [0, 0.05) is 18.0 Å². The standard InChI is InChI=1S/C23H33N5S/c1-6-23(4,5)28-22(24-25-26-28)21(18(2)3)27(17-20-13-10-16-29-20)15-14-19-11-8-7-9-12-19/h7-13,16,18,21H,6,14-15,17H2,1-5H3/t21-/m0/s1. The quantitative estimate of drug-likeness (QED) is 0.453. The third-order valence-electron chi connectivity index (χ3n) is 5.69. The number of benzene rings is 1. The van der Waals surface area contributed by atoms with Crippen LogP contribution in [0.3, 0.4) is 0 Å². The Labute approximate surface area is 178 Å². The van der Waals surface area contributed by atoms with Gasteiger partial charge in [-0.15, -0.1) is 16.4 Å². The van der Waals surface area contributed by atoms with Crippen molar-refractivity contribution in [3.63, 3.8) is 0 Å². The second-order valence-electron chi connectivity index (χ2n) is 8.59. The smallest absolute Gasteiger partial charge is 0.169 e. The first-order chi connectivity index (χ1) is 13.9. The van der Waals surface area contributed by atoms with Crippen molar-refractivity contribution in [3.8, 4) is 0 Å². The monoisotopic (exact) mass is 411 g/mol. The maximum Gasteiger partial charge on any atom is 0.169 e. The summed E-state index contributed by atoms with van der Waals surface area (Å²) in [5.74, 6) is 1.36. The molecule has 0 aliphatic heterocycles. The summed E-state index contributed by atoms with van der Waals surface area (Å²) in [6.45, 7) is 13.0. The van der Waals surface area contributed by atoms with Crippen LogP contribution in [0.1, 0.15) is 63.3 Å². The van der Waals surface area contributed by atoms with E-state index in [1.54, 1.807) is 0 Å². The van der Waals surface area contributed by atoms with Gasteiger partial charge in [-0.25, -0.2) is 4.68 Å². The Kier molecular flexibility index (Phi) is 7.19. The molecule has 0 saturated carbocycles. The van der Waals surface area contributed by atoms with Gasteiger partial charge in [0.25, 0.3) is 0 Å². The first-order valence-electron chi connectivity index (χ1n) is 10.5. The topological polar surface area (TPSA) is 46.8 Å². The van der Waals surface area contributed by atoms with Crippen molar-refractivity contribution in [2.24, 2.45) is 5.92 Å². The average Bonchev–Trinajstić information content (AvgIpc) is 3.39. The van der Waals surface area contributed by atoms with Gasteiger partial charge in [0.05, 0.1) is 11.6 Å². The fourth-order valence-electron chi connectivity index (χ4n) is 3.68. The summed E-state index contributed by atoms with van der Waals surface area (Å²) < 4.78 is 2.04. The molecule has 0 amide bonds. The zero-order chi connectivity index (χ0) is 20.9. The summed E-state index contributed by atoms with van der Waals surface area (Å²) in [5, 5.41) is 15.1. The normalized spacial score (nSPS) is 13.3. The first kappa shape index (κ1) is 21.7. The van der Waals surface area contributed by atoms with E-state index in [2.05, 4.69) is 103 Å². The predicted molar refractivity (Wildman–Crippen MR) is 120 cm³/mol. The van der Waals surface area contributed by atoms with Crippen LogP contribution in [0, 0.1) is 5.92 Å². The minimum atomic E-state index is -0.111. The molecule has 1 aromatic carbocycles. The number of thiophene rings is 1. The van der Waals surface area contributed by atoms with Crippen LogP contribution in [0.2, 0.25) is 0 Å². The SMILES string of the molecule is CCC(C)(C)n1nnnc1[C@H](C(C)C)N(CCc1ccccc1)Cc1cccs1. The van der Waals surface area contributed by atoms with E-state index in [0.717, 1.165) is 31.8 Å². The van der Waals surface area contributed by atoms with Gasteiger partial charge < -0.3 is 0 Å². The molecule has 29 heavy (non-hydrogen) atoms. The molecular weight excluding hydrogens is 378 g/mol. The Bertz CT molecular complexity index is 855. The molecule has 3 rings (SSSR count). The number of aromatic nitrogens is 4. The van der Waals surface area contributed by atoms with E-state index in [1.165, 1.54) is 10.4 Å². The van der Waals surface area contributed by atoms with Crippen LogP contribution in [0.25, 0.3) is 0 Å². The van der Waals surface area contributed by atoms with E-state index in [4.69, 9.17) is 0 Å². The van der Waals surface area contributed by atoms with Crippen LogP contribution in [-0.2, 0) is 18.5 Å². The summed E-state index contributed by atoms with van der Waals surface area (Å²) in [4.78, 5) is 3.93. The fraction of sp³-hybridized carbons (Fsp3) is 0.522. The van der Waals surface area contributed by atoms with Crippen molar-refractivity contribution >= 4 is 11.3 Å². The summed E-state index contributed by atoms with van der Waals surface area (Å²) in [5.41, 5.74) is 1.25. The molecule has 0 aliphatic carbocycles. The van der Waals surface area contributed by atoms with Gasteiger partial charge in [0.15, 0.2) is 5.82 Å². The van der Waals surface area contributed by atoms with Crippen LogP contribution in [0.5, 0.6) is 0 Å². The molecule has 0 fully saturated rings. The Morgan fingerprint density at radius 2 is 1.86 bits per heavy atom. The van der Waals surface area contributed by atoms with Crippen molar-refractivity contribution in [2.45, 2.75) is 65.6 Å². The van der Waals surface area contributed by atoms with Gasteiger partial charge in [0.1, 0.15) is 0 Å². The average molecular weight is 412 g/mol. The lowest BCUT2D eigenvalue weighted by Crippen LogP contribution is -2.38. The van der Waals surface area contributed by atoms with Crippen LogP contribution in [0.15, 0.2) is 47.8 Å². The molecule has 2 aromatic heterocycles. The molecule has 0 aliphatic rings. The fourth-order valence-corrected chi connectivity index (χ4v) is 4.41. The van der Waals surface area contributed by atoms with Gasteiger partial charge in [-0.05, 0) is 60.0 Å². The molecule has 156 valence electrons. The number of hydrogen-bond acceptors (Lipinski definition) is 5. The van der Waals surface area contributed by atoms with Crippen molar-refractivity contribution in [1.82, 2.24) is 25.1 Å². The predicted octanol–water partition coefficient (Wildman–Crippen LogP) is 5.32. The summed E-state index contributed by atoms with van der Waals surface area (Å²) >= 11 is 1.81. The molecule has 1 atom stereocenters. The van der Waals surface area contributed by atoms with Gasteiger partial charge in [-0.2, -0.15) is 0 Å². The molecule has 0 unspecified atom stereocenters. The zero-order valence-corrected chi connectivity index (χ0v) is 19.1. The maximum atomic E-state index is 4.52. The molecule has 2 heterocycles. The zero-order valence-electron chi connectivity index (χ0n) is 18.2. The first-order valence-corrected chi connectivity index (χ1v) is 11.4.